The van der Waals surface area contributed by atoms with Crippen molar-refractivity contribution in [3.63, 3.8) is 0 Å². The van der Waals surface area contributed by atoms with E-state index in [1.807, 2.05) is 30.3 Å². The number of halogens is 2. The monoisotopic (exact) mass is 386 g/mol. The highest BCUT2D eigenvalue weighted by atomic mass is 35.5. The quantitative estimate of drug-likeness (QED) is 0.514. The Hall–Kier alpha value is -2.76. The first kappa shape index (κ1) is 16.7. The van der Waals surface area contributed by atoms with Gasteiger partial charge in [-0.1, -0.05) is 46.6 Å². The van der Waals surface area contributed by atoms with Crippen molar-refractivity contribution in [1.29, 1.82) is 0 Å². The Morgan fingerprint density at radius 2 is 1.77 bits per heavy atom. The average molecular weight is 387 g/mol. The lowest BCUT2D eigenvalue weighted by atomic mass is 10.2. The smallest absolute Gasteiger partial charge is 0.251 e. The van der Waals surface area contributed by atoms with Crippen LogP contribution in [-0.4, -0.2) is 11.1 Å². The van der Waals surface area contributed by atoms with Gasteiger partial charge in [-0.25, -0.2) is 0 Å². The first-order valence-corrected chi connectivity index (χ1v) is 8.53. The molecule has 26 heavy (non-hydrogen) atoms. The Kier molecular flexibility index (Phi) is 4.41. The van der Waals surface area contributed by atoms with E-state index in [4.69, 9.17) is 32.1 Å². The highest BCUT2D eigenvalue weighted by molar-refractivity contribution is 6.35. The molecule has 2 aromatic carbocycles. The number of furan rings is 1. The van der Waals surface area contributed by atoms with Crippen LogP contribution in [0.4, 0.5) is 0 Å². The molecular formula is C19H12Cl2N2O3. The topological polar surface area (TPSA) is 68.3 Å². The predicted molar refractivity (Wildman–Crippen MR) is 99.3 cm³/mol. The second kappa shape index (κ2) is 6.86. The third-order valence-electron chi connectivity index (χ3n) is 3.78. The van der Waals surface area contributed by atoms with Gasteiger partial charge in [0.05, 0.1) is 6.54 Å². The molecule has 2 heterocycles. The summed E-state index contributed by atoms with van der Waals surface area (Å²) in [6.07, 6.45) is 0. The molecule has 0 radical (unpaired) electrons. The molecule has 0 aliphatic rings. The van der Waals surface area contributed by atoms with Crippen LogP contribution < -0.4 is 5.32 Å². The molecule has 0 bridgehead atoms. The molecule has 2 aromatic heterocycles. The van der Waals surface area contributed by atoms with Crippen molar-refractivity contribution in [2.75, 3.05) is 0 Å². The Labute approximate surface area is 158 Å². The molecule has 4 rings (SSSR count). The highest BCUT2D eigenvalue weighted by Gasteiger charge is 2.13. The van der Waals surface area contributed by atoms with Gasteiger partial charge in [0.25, 0.3) is 5.91 Å². The van der Waals surface area contributed by atoms with Gasteiger partial charge in [-0.05, 0) is 30.3 Å². The molecule has 0 spiro atoms. The average Bonchev–Trinajstić information content (AvgIpc) is 3.25. The number of nitrogens with one attached hydrogen (secondary N) is 1. The molecule has 1 amide bonds. The van der Waals surface area contributed by atoms with Crippen LogP contribution in [0.2, 0.25) is 10.0 Å². The molecule has 0 aliphatic heterocycles. The number of carbonyl (C=O) groups excluding carboxylic acids is 1. The zero-order chi connectivity index (χ0) is 18.1. The number of para-hydroxylation sites is 1. The summed E-state index contributed by atoms with van der Waals surface area (Å²) in [6.45, 7) is 0.201. The second-order valence-corrected chi connectivity index (χ2v) is 6.54. The van der Waals surface area contributed by atoms with E-state index in [1.165, 1.54) is 0 Å². The number of hydrogen-bond acceptors (Lipinski definition) is 4. The molecule has 1 N–H and O–H groups in total. The lowest BCUT2D eigenvalue weighted by Crippen LogP contribution is -2.22. The second-order valence-electron chi connectivity index (χ2n) is 5.67. The summed E-state index contributed by atoms with van der Waals surface area (Å²) in [7, 11) is 0. The van der Waals surface area contributed by atoms with Gasteiger partial charge in [-0.2, -0.15) is 0 Å². The van der Waals surface area contributed by atoms with Gasteiger partial charge in [0, 0.05) is 27.1 Å². The molecule has 7 heteroatoms. The van der Waals surface area contributed by atoms with Crippen molar-refractivity contribution in [3.05, 3.63) is 75.9 Å². The predicted octanol–water partition coefficient (Wildman–Crippen LogP) is 5.32. The summed E-state index contributed by atoms with van der Waals surface area (Å²) in [6, 6.07) is 15.9. The number of fused-ring (bicyclic) bond motifs is 1. The first-order valence-electron chi connectivity index (χ1n) is 7.77. The van der Waals surface area contributed by atoms with E-state index in [1.54, 1.807) is 24.3 Å². The largest absolute Gasteiger partial charge is 0.453 e. The van der Waals surface area contributed by atoms with E-state index < -0.39 is 0 Å². The van der Waals surface area contributed by atoms with Gasteiger partial charge in [-0.3, -0.25) is 4.79 Å². The van der Waals surface area contributed by atoms with Gasteiger partial charge in [0.1, 0.15) is 11.3 Å². The minimum Gasteiger partial charge on any atom is -0.453 e. The Bertz CT molecular complexity index is 1050. The van der Waals surface area contributed by atoms with Gasteiger partial charge >= 0.3 is 0 Å². The van der Waals surface area contributed by atoms with Gasteiger partial charge in [0.2, 0.25) is 5.76 Å². The van der Waals surface area contributed by atoms with Crippen LogP contribution >= 0.6 is 23.2 Å². The van der Waals surface area contributed by atoms with Crippen LogP contribution in [0.5, 0.6) is 0 Å². The summed E-state index contributed by atoms with van der Waals surface area (Å²) in [5.41, 5.74) is 1.72. The van der Waals surface area contributed by atoms with E-state index in [0.717, 1.165) is 11.0 Å². The van der Waals surface area contributed by atoms with Crippen molar-refractivity contribution in [3.8, 4) is 11.5 Å². The molecule has 0 saturated heterocycles. The van der Waals surface area contributed by atoms with Crippen molar-refractivity contribution >= 4 is 40.1 Å². The summed E-state index contributed by atoms with van der Waals surface area (Å²) in [4.78, 5) is 12.2. The minimum absolute atomic E-state index is 0.201. The van der Waals surface area contributed by atoms with Crippen LogP contribution in [0, 0.1) is 0 Å². The Morgan fingerprint density at radius 3 is 2.54 bits per heavy atom. The number of amides is 1. The van der Waals surface area contributed by atoms with E-state index in [9.17, 15) is 4.79 Å². The molecule has 5 nitrogen and oxygen atoms in total. The van der Waals surface area contributed by atoms with E-state index >= 15 is 0 Å². The number of nitrogens with zero attached hydrogens (tertiary/aromatic N) is 1. The number of aromatic nitrogens is 1. The van der Waals surface area contributed by atoms with Crippen molar-refractivity contribution in [2.45, 2.75) is 6.54 Å². The first-order chi connectivity index (χ1) is 12.6. The van der Waals surface area contributed by atoms with Gasteiger partial charge < -0.3 is 14.3 Å². The third-order valence-corrected chi connectivity index (χ3v) is 4.22. The van der Waals surface area contributed by atoms with Crippen LogP contribution in [0.25, 0.3) is 22.5 Å². The van der Waals surface area contributed by atoms with Crippen LogP contribution in [0.3, 0.4) is 0 Å². The maximum absolute atomic E-state index is 12.2. The molecule has 0 unspecified atom stereocenters. The zero-order valence-electron chi connectivity index (χ0n) is 13.3. The van der Waals surface area contributed by atoms with E-state index in [-0.39, 0.29) is 12.5 Å². The van der Waals surface area contributed by atoms with Crippen molar-refractivity contribution < 1.29 is 13.7 Å². The fourth-order valence-corrected chi connectivity index (χ4v) is 3.10. The van der Waals surface area contributed by atoms with Gasteiger partial charge in [0.15, 0.2) is 5.76 Å². The van der Waals surface area contributed by atoms with E-state index in [2.05, 4.69) is 10.5 Å². The number of hydrogen-bond donors (Lipinski definition) is 1. The SMILES string of the molecule is O=C(NCc1cc(-c2cc3ccccc3o2)on1)c1cc(Cl)cc(Cl)c1. The van der Waals surface area contributed by atoms with Crippen molar-refractivity contribution in [2.24, 2.45) is 0 Å². The highest BCUT2D eigenvalue weighted by Crippen LogP contribution is 2.28. The molecule has 4 aromatic rings. The molecule has 0 fully saturated rings. The molecular weight excluding hydrogens is 375 g/mol. The summed E-state index contributed by atoms with van der Waals surface area (Å²) < 4.78 is 11.1. The van der Waals surface area contributed by atoms with Gasteiger partial charge in [-0.15, -0.1) is 0 Å². The lowest BCUT2D eigenvalue weighted by Gasteiger charge is -2.04. The maximum Gasteiger partial charge on any atom is 0.251 e. The summed E-state index contributed by atoms with van der Waals surface area (Å²) in [5.74, 6) is 0.775. The molecule has 0 aliphatic carbocycles. The summed E-state index contributed by atoms with van der Waals surface area (Å²) in [5, 5.41) is 8.49. The number of rotatable bonds is 4. The Morgan fingerprint density at radius 1 is 1.00 bits per heavy atom. The normalized spacial score (nSPS) is 11.0. The van der Waals surface area contributed by atoms with Crippen molar-refractivity contribution in [1.82, 2.24) is 10.5 Å². The number of carbonyl (C=O) groups is 1. The lowest BCUT2D eigenvalue weighted by molar-refractivity contribution is 0.0950. The van der Waals surface area contributed by atoms with E-state index in [0.29, 0.717) is 32.8 Å². The standard InChI is InChI=1S/C19H12Cl2N2O3/c20-13-5-12(6-14(21)8-13)19(24)22-10-15-9-18(26-23-15)17-7-11-3-1-2-4-16(11)25-17/h1-9H,10H2,(H,22,24). The summed E-state index contributed by atoms with van der Waals surface area (Å²) >= 11 is 11.8. The zero-order valence-corrected chi connectivity index (χ0v) is 14.8. The molecule has 0 atom stereocenters. The minimum atomic E-state index is -0.303. The Balaban J connectivity index is 1.47. The number of benzene rings is 2. The molecule has 130 valence electrons. The van der Waals surface area contributed by atoms with Crippen LogP contribution in [0.15, 0.2) is 63.5 Å². The van der Waals surface area contributed by atoms with Crippen LogP contribution in [-0.2, 0) is 6.54 Å². The van der Waals surface area contributed by atoms with Crippen LogP contribution in [0.1, 0.15) is 16.1 Å². The third kappa shape index (κ3) is 3.45. The fourth-order valence-electron chi connectivity index (χ4n) is 2.57. The maximum atomic E-state index is 12.2. The fraction of sp³-hybridized carbons (Fsp3) is 0.0526. The molecule has 0 saturated carbocycles.